The van der Waals surface area contributed by atoms with E-state index in [0.717, 1.165) is 18.4 Å². The predicted octanol–water partition coefficient (Wildman–Crippen LogP) is 4.43. The lowest BCUT2D eigenvalue weighted by molar-refractivity contribution is -0.153. The molecule has 138 valence electrons. The van der Waals surface area contributed by atoms with Crippen LogP contribution in [0.4, 0.5) is 5.69 Å². The second-order valence-electron chi connectivity index (χ2n) is 7.18. The Labute approximate surface area is 151 Å². The third kappa shape index (κ3) is 4.42. The van der Waals surface area contributed by atoms with Crippen molar-refractivity contribution in [1.29, 1.82) is 0 Å². The number of nitrogen functional groups attached to an aromatic ring is 1. The maximum atomic E-state index is 13.2. The van der Waals surface area contributed by atoms with Gasteiger partial charge in [0.05, 0.1) is 5.41 Å². The van der Waals surface area contributed by atoms with Crippen molar-refractivity contribution in [1.82, 2.24) is 4.90 Å². The molecule has 1 saturated heterocycles. The fourth-order valence-electron chi connectivity index (χ4n) is 3.81. The zero-order valence-corrected chi connectivity index (χ0v) is 15.7. The fraction of sp³-hybridized carbons (Fsp3) is 0.619. The number of benzene rings is 1. The molecule has 25 heavy (non-hydrogen) atoms. The SMILES string of the molecule is CCCCCCCCN1C(=O)CCC(CC)(c2ccc(N)cc2)C1=O. The minimum absolute atomic E-state index is 0.0157. The summed E-state index contributed by atoms with van der Waals surface area (Å²) in [4.78, 5) is 27.1. The number of imide groups is 1. The summed E-state index contributed by atoms with van der Waals surface area (Å²) in [6.07, 6.45) is 8.64. The maximum absolute atomic E-state index is 13.2. The molecule has 0 aliphatic carbocycles. The van der Waals surface area contributed by atoms with E-state index in [2.05, 4.69) is 6.92 Å². The number of nitrogens with zero attached hydrogens (tertiary/aromatic N) is 1. The predicted molar refractivity (Wildman–Crippen MR) is 102 cm³/mol. The first kappa shape index (κ1) is 19.5. The van der Waals surface area contributed by atoms with E-state index in [1.165, 1.54) is 30.6 Å². The normalized spacial score (nSPS) is 21.0. The number of carbonyl (C=O) groups excluding carboxylic acids is 2. The topological polar surface area (TPSA) is 63.4 Å². The number of hydrogen-bond acceptors (Lipinski definition) is 3. The fourth-order valence-corrected chi connectivity index (χ4v) is 3.81. The number of hydrogen-bond donors (Lipinski definition) is 1. The highest BCUT2D eigenvalue weighted by molar-refractivity contribution is 6.03. The monoisotopic (exact) mass is 344 g/mol. The zero-order valence-electron chi connectivity index (χ0n) is 15.7. The summed E-state index contributed by atoms with van der Waals surface area (Å²) in [6.45, 7) is 4.79. The van der Waals surface area contributed by atoms with E-state index in [1.54, 1.807) is 0 Å². The Kier molecular flexibility index (Phi) is 7.03. The number of piperidine rings is 1. The molecule has 1 aromatic rings. The van der Waals surface area contributed by atoms with Crippen LogP contribution in [-0.4, -0.2) is 23.3 Å². The Bertz CT molecular complexity index is 582. The first-order chi connectivity index (χ1) is 12.0. The third-order valence-corrected chi connectivity index (χ3v) is 5.52. The van der Waals surface area contributed by atoms with Gasteiger partial charge < -0.3 is 5.73 Å². The van der Waals surface area contributed by atoms with Crippen molar-refractivity contribution in [2.24, 2.45) is 0 Å². The number of amides is 2. The van der Waals surface area contributed by atoms with Gasteiger partial charge in [0.15, 0.2) is 0 Å². The second-order valence-corrected chi connectivity index (χ2v) is 7.18. The first-order valence-electron chi connectivity index (χ1n) is 9.76. The molecular formula is C21H32N2O2. The zero-order chi connectivity index (χ0) is 18.3. The summed E-state index contributed by atoms with van der Waals surface area (Å²) in [7, 11) is 0. The molecule has 1 aliphatic heterocycles. The summed E-state index contributed by atoms with van der Waals surface area (Å²) < 4.78 is 0. The molecule has 1 heterocycles. The highest BCUT2D eigenvalue weighted by atomic mass is 16.2. The van der Waals surface area contributed by atoms with Crippen LogP contribution in [0, 0.1) is 0 Å². The third-order valence-electron chi connectivity index (χ3n) is 5.52. The van der Waals surface area contributed by atoms with Gasteiger partial charge in [-0.25, -0.2) is 0 Å². The number of carbonyl (C=O) groups is 2. The second kappa shape index (κ2) is 9.02. The van der Waals surface area contributed by atoms with Crippen molar-refractivity contribution in [3.63, 3.8) is 0 Å². The van der Waals surface area contributed by atoms with Crippen molar-refractivity contribution < 1.29 is 9.59 Å². The number of nitrogens with two attached hydrogens (primary N) is 1. The van der Waals surface area contributed by atoms with Crippen molar-refractivity contribution in [3.8, 4) is 0 Å². The molecule has 2 amide bonds. The lowest BCUT2D eigenvalue weighted by Crippen LogP contribution is -2.54. The van der Waals surface area contributed by atoms with Crippen LogP contribution in [0.1, 0.15) is 77.2 Å². The van der Waals surface area contributed by atoms with Gasteiger partial charge in [0.2, 0.25) is 11.8 Å². The van der Waals surface area contributed by atoms with Crippen molar-refractivity contribution in [2.45, 2.75) is 77.0 Å². The molecular weight excluding hydrogens is 312 g/mol. The van der Waals surface area contributed by atoms with Crippen LogP contribution < -0.4 is 5.73 Å². The lowest BCUT2D eigenvalue weighted by atomic mass is 9.71. The summed E-state index contributed by atoms with van der Waals surface area (Å²) in [6, 6.07) is 7.56. The molecule has 4 heteroatoms. The Morgan fingerprint density at radius 2 is 1.64 bits per heavy atom. The standard InChI is InChI=1S/C21H32N2O2/c1-3-5-6-7-8-9-16-23-19(24)14-15-21(4-2,20(23)25)17-10-12-18(22)13-11-17/h10-13H,3-9,14-16,22H2,1-2H3. The average molecular weight is 344 g/mol. The quantitative estimate of drug-likeness (QED) is 0.409. The van der Waals surface area contributed by atoms with Gasteiger partial charge in [0.1, 0.15) is 0 Å². The number of likely N-dealkylation sites (tertiary alicyclic amines) is 1. The highest BCUT2D eigenvalue weighted by Crippen LogP contribution is 2.39. The molecule has 0 saturated carbocycles. The Morgan fingerprint density at radius 1 is 1.00 bits per heavy atom. The summed E-state index contributed by atoms with van der Waals surface area (Å²) >= 11 is 0. The van der Waals surface area contributed by atoms with E-state index in [0.29, 0.717) is 31.5 Å². The van der Waals surface area contributed by atoms with Crippen molar-refractivity contribution >= 4 is 17.5 Å². The van der Waals surface area contributed by atoms with Gasteiger partial charge >= 0.3 is 0 Å². The number of unbranched alkanes of at least 4 members (excludes halogenated alkanes) is 5. The first-order valence-corrected chi connectivity index (χ1v) is 9.76. The van der Waals surface area contributed by atoms with Gasteiger partial charge in [-0.15, -0.1) is 0 Å². The van der Waals surface area contributed by atoms with E-state index >= 15 is 0 Å². The van der Waals surface area contributed by atoms with Crippen LogP contribution in [0.25, 0.3) is 0 Å². The summed E-state index contributed by atoms with van der Waals surface area (Å²) in [5.74, 6) is -0.0392. The van der Waals surface area contributed by atoms with Gasteiger partial charge in [0.25, 0.3) is 0 Å². The lowest BCUT2D eigenvalue weighted by Gasteiger charge is -2.40. The van der Waals surface area contributed by atoms with Crippen LogP contribution in [-0.2, 0) is 15.0 Å². The smallest absolute Gasteiger partial charge is 0.239 e. The minimum Gasteiger partial charge on any atom is -0.399 e. The van der Waals surface area contributed by atoms with Gasteiger partial charge in [-0.05, 0) is 37.0 Å². The molecule has 2 N–H and O–H groups in total. The van der Waals surface area contributed by atoms with E-state index in [-0.39, 0.29) is 11.8 Å². The molecule has 0 aromatic heterocycles. The van der Waals surface area contributed by atoms with Crippen LogP contribution in [0.3, 0.4) is 0 Å². The van der Waals surface area contributed by atoms with E-state index < -0.39 is 5.41 Å². The Hall–Kier alpha value is -1.84. The van der Waals surface area contributed by atoms with Gasteiger partial charge in [-0.2, -0.15) is 0 Å². The van der Waals surface area contributed by atoms with Crippen molar-refractivity contribution in [3.05, 3.63) is 29.8 Å². The molecule has 1 unspecified atom stereocenters. The summed E-state index contributed by atoms with van der Waals surface area (Å²) in [5.41, 5.74) is 6.89. The van der Waals surface area contributed by atoms with Gasteiger partial charge in [0, 0.05) is 18.7 Å². The molecule has 2 rings (SSSR count). The van der Waals surface area contributed by atoms with E-state index in [1.807, 2.05) is 31.2 Å². The average Bonchev–Trinajstić information content (AvgIpc) is 2.62. The van der Waals surface area contributed by atoms with Crippen LogP contribution in [0.5, 0.6) is 0 Å². The molecule has 1 aromatic carbocycles. The van der Waals surface area contributed by atoms with E-state index in [9.17, 15) is 9.59 Å². The van der Waals surface area contributed by atoms with Crippen LogP contribution in [0.2, 0.25) is 0 Å². The molecule has 0 radical (unpaired) electrons. The molecule has 0 spiro atoms. The van der Waals surface area contributed by atoms with Crippen molar-refractivity contribution in [2.75, 3.05) is 12.3 Å². The number of anilines is 1. The molecule has 0 bridgehead atoms. The maximum Gasteiger partial charge on any atom is 0.239 e. The Balaban J connectivity index is 2.06. The largest absolute Gasteiger partial charge is 0.399 e. The molecule has 1 aliphatic rings. The van der Waals surface area contributed by atoms with E-state index in [4.69, 9.17) is 5.73 Å². The molecule has 4 nitrogen and oxygen atoms in total. The van der Waals surface area contributed by atoms with Gasteiger partial charge in [-0.1, -0.05) is 58.1 Å². The highest BCUT2D eigenvalue weighted by Gasteiger charge is 2.46. The molecule has 1 atom stereocenters. The number of rotatable bonds is 9. The Morgan fingerprint density at radius 3 is 2.28 bits per heavy atom. The van der Waals surface area contributed by atoms with Gasteiger partial charge in [-0.3, -0.25) is 14.5 Å². The summed E-state index contributed by atoms with van der Waals surface area (Å²) in [5, 5.41) is 0. The minimum atomic E-state index is -0.580. The molecule has 1 fully saturated rings. The van der Waals surface area contributed by atoms with Crippen LogP contribution >= 0.6 is 0 Å². The van der Waals surface area contributed by atoms with Crippen LogP contribution in [0.15, 0.2) is 24.3 Å².